The first-order valence-electron chi connectivity index (χ1n) is 7.07. The highest BCUT2D eigenvalue weighted by Crippen LogP contribution is 2.48. The molecule has 3 N–H and O–H groups in total. The van der Waals surface area contributed by atoms with Gasteiger partial charge in [0.15, 0.2) is 0 Å². The first-order chi connectivity index (χ1) is 9.56. The van der Waals surface area contributed by atoms with E-state index in [4.69, 9.17) is 4.74 Å². The average molecular weight is 280 g/mol. The van der Waals surface area contributed by atoms with Crippen molar-refractivity contribution in [1.29, 1.82) is 0 Å². The van der Waals surface area contributed by atoms with Gasteiger partial charge in [0.1, 0.15) is 0 Å². The van der Waals surface area contributed by atoms with Gasteiger partial charge in [0.2, 0.25) is 0 Å². The number of carbonyl (C=O) groups excluding carboxylic acids is 1. The maximum atomic E-state index is 11.8. The van der Waals surface area contributed by atoms with E-state index in [-0.39, 0.29) is 11.4 Å². The smallest absolute Gasteiger partial charge is 0.315 e. The summed E-state index contributed by atoms with van der Waals surface area (Å²) in [6.07, 6.45) is 3.37. The van der Waals surface area contributed by atoms with Gasteiger partial charge in [-0.1, -0.05) is 0 Å². The minimum Gasteiger partial charge on any atom is -0.385 e. The topological polar surface area (TPSA) is 79.0 Å². The summed E-state index contributed by atoms with van der Waals surface area (Å²) >= 11 is 0. The van der Waals surface area contributed by atoms with Crippen LogP contribution >= 0.6 is 0 Å². The summed E-state index contributed by atoms with van der Waals surface area (Å²) in [4.78, 5) is 11.8. The number of hydrogen-bond acceptors (Lipinski definition) is 3. The van der Waals surface area contributed by atoms with Crippen molar-refractivity contribution in [3.05, 3.63) is 17.0 Å². The molecule has 1 aliphatic rings. The zero-order valence-electron chi connectivity index (χ0n) is 12.5. The van der Waals surface area contributed by atoms with Crippen LogP contribution in [0, 0.1) is 19.3 Å². The molecule has 6 heteroatoms. The predicted molar refractivity (Wildman–Crippen MR) is 76.5 cm³/mol. The van der Waals surface area contributed by atoms with Crippen LogP contribution in [0.3, 0.4) is 0 Å². The normalized spacial score (nSPS) is 15.9. The summed E-state index contributed by atoms with van der Waals surface area (Å²) in [6, 6.07) is -0.117. The Hall–Kier alpha value is -1.56. The van der Waals surface area contributed by atoms with Gasteiger partial charge in [0.05, 0.1) is 5.69 Å². The molecule has 1 saturated carbocycles. The van der Waals surface area contributed by atoms with E-state index in [1.165, 1.54) is 12.8 Å². The molecule has 1 aromatic rings. The summed E-state index contributed by atoms with van der Waals surface area (Å²) in [5.41, 5.74) is 3.26. The molecule has 6 nitrogen and oxygen atoms in total. The SMILES string of the molecule is COCCC1(CNC(=O)NCc2c(C)n[nH]c2C)CC1. The molecule has 0 aliphatic heterocycles. The molecule has 1 fully saturated rings. The second-order valence-corrected chi connectivity index (χ2v) is 5.69. The summed E-state index contributed by atoms with van der Waals surface area (Å²) < 4.78 is 5.11. The fourth-order valence-corrected chi connectivity index (χ4v) is 2.34. The van der Waals surface area contributed by atoms with Crippen molar-refractivity contribution >= 4 is 6.03 Å². The standard InChI is InChI=1S/C14H24N4O2/c1-10-12(11(2)18-17-10)8-15-13(19)16-9-14(4-5-14)6-7-20-3/h4-9H2,1-3H3,(H,17,18)(H2,15,16,19). The van der Waals surface area contributed by atoms with Crippen LogP contribution in [0.1, 0.15) is 36.2 Å². The van der Waals surface area contributed by atoms with E-state index in [1.54, 1.807) is 7.11 Å². The van der Waals surface area contributed by atoms with Gasteiger partial charge in [0, 0.05) is 38.1 Å². The number of nitrogens with zero attached hydrogens (tertiary/aromatic N) is 1. The molecule has 2 rings (SSSR count). The third-order valence-electron chi connectivity index (χ3n) is 4.12. The molecule has 0 unspecified atom stereocenters. The second-order valence-electron chi connectivity index (χ2n) is 5.69. The molecule has 0 atom stereocenters. The van der Waals surface area contributed by atoms with Crippen molar-refractivity contribution in [1.82, 2.24) is 20.8 Å². The predicted octanol–water partition coefficient (Wildman–Crippen LogP) is 1.64. The number of carbonyl (C=O) groups is 1. The van der Waals surface area contributed by atoms with Crippen LogP contribution in [0.15, 0.2) is 0 Å². The molecule has 0 bridgehead atoms. The quantitative estimate of drug-likeness (QED) is 0.710. The molecule has 0 saturated heterocycles. The van der Waals surface area contributed by atoms with Gasteiger partial charge in [-0.15, -0.1) is 0 Å². The average Bonchev–Trinajstić information content (AvgIpc) is 3.14. The van der Waals surface area contributed by atoms with Gasteiger partial charge in [-0.05, 0) is 38.5 Å². The Bertz CT molecular complexity index is 446. The molecule has 0 radical (unpaired) electrons. The molecule has 112 valence electrons. The third-order valence-corrected chi connectivity index (χ3v) is 4.12. The van der Waals surface area contributed by atoms with Crippen LogP contribution in [0.4, 0.5) is 4.79 Å². The number of aryl methyl sites for hydroxylation is 2. The molecule has 2 amide bonds. The number of urea groups is 1. The minimum atomic E-state index is -0.117. The van der Waals surface area contributed by atoms with Crippen molar-refractivity contribution in [2.75, 3.05) is 20.3 Å². The molecular weight excluding hydrogens is 256 g/mol. The van der Waals surface area contributed by atoms with Crippen LogP contribution in [-0.4, -0.2) is 36.5 Å². The van der Waals surface area contributed by atoms with E-state index in [0.29, 0.717) is 6.54 Å². The lowest BCUT2D eigenvalue weighted by Gasteiger charge is -2.16. The van der Waals surface area contributed by atoms with E-state index < -0.39 is 0 Å². The first-order valence-corrected chi connectivity index (χ1v) is 7.07. The lowest BCUT2D eigenvalue weighted by molar-refractivity contribution is 0.171. The van der Waals surface area contributed by atoms with E-state index in [2.05, 4.69) is 20.8 Å². The maximum absolute atomic E-state index is 11.8. The van der Waals surface area contributed by atoms with Gasteiger partial charge in [0.25, 0.3) is 0 Å². The van der Waals surface area contributed by atoms with E-state index in [0.717, 1.165) is 36.5 Å². The zero-order chi connectivity index (χ0) is 14.6. The van der Waals surface area contributed by atoms with Crippen LogP contribution in [0.5, 0.6) is 0 Å². The second kappa shape index (κ2) is 6.26. The Kier molecular flexibility index (Phi) is 4.65. The molecular formula is C14H24N4O2. The van der Waals surface area contributed by atoms with E-state index in [1.807, 2.05) is 13.8 Å². The van der Waals surface area contributed by atoms with Crippen molar-refractivity contribution in [2.24, 2.45) is 5.41 Å². The minimum absolute atomic E-state index is 0.117. The number of aromatic amines is 1. The molecule has 0 spiro atoms. The number of nitrogens with one attached hydrogen (secondary N) is 3. The van der Waals surface area contributed by atoms with Gasteiger partial charge in [-0.2, -0.15) is 5.10 Å². The van der Waals surface area contributed by atoms with Gasteiger partial charge in [-0.3, -0.25) is 5.10 Å². The number of H-pyrrole nitrogens is 1. The highest BCUT2D eigenvalue weighted by Gasteiger charge is 2.42. The highest BCUT2D eigenvalue weighted by molar-refractivity contribution is 5.74. The summed E-state index contributed by atoms with van der Waals surface area (Å²) in [5, 5.41) is 12.9. The fraction of sp³-hybridized carbons (Fsp3) is 0.714. The Morgan fingerprint density at radius 1 is 1.40 bits per heavy atom. The zero-order valence-corrected chi connectivity index (χ0v) is 12.5. The summed E-state index contributed by atoms with van der Waals surface area (Å²) in [6.45, 7) is 5.88. The summed E-state index contributed by atoms with van der Waals surface area (Å²) in [5.74, 6) is 0. The lowest BCUT2D eigenvalue weighted by Crippen LogP contribution is -2.38. The van der Waals surface area contributed by atoms with Gasteiger partial charge < -0.3 is 15.4 Å². The number of aromatic nitrogens is 2. The van der Waals surface area contributed by atoms with Crippen LogP contribution < -0.4 is 10.6 Å². The van der Waals surface area contributed by atoms with Crippen LogP contribution in [0.2, 0.25) is 0 Å². The molecule has 1 aliphatic carbocycles. The van der Waals surface area contributed by atoms with Crippen molar-refractivity contribution in [2.45, 2.75) is 39.7 Å². The molecule has 0 aromatic carbocycles. The molecule has 20 heavy (non-hydrogen) atoms. The number of methoxy groups -OCH3 is 1. The summed E-state index contributed by atoms with van der Waals surface area (Å²) in [7, 11) is 1.71. The number of ether oxygens (including phenoxy) is 1. The number of amides is 2. The van der Waals surface area contributed by atoms with Gasteiger partial charge >= 0.3 is 6.03 Å². The van der Waals surface area contributed by atoms with Crippen LogP contribution in [-0.2, 0) is 11.3 Å². The van der Waals surface area contributed by atoms with Crippen LogP contribution in [0.25, 0.3) is 0 Å². The number of rotatable bonds is 7. The highest BCUT2D eigenvalue weighted by atomic mass is 16.5. The largest absolute Gasteiger partial charge is 0.385 e. The van der Waals surface area contributed by atoms with E-state index in [9.17, 15) is 4.79 Å². The number of hydrogen-bond donors (Lipinski definition) is 3. The Morgan fingerprint density at radius 3 is 2.70 bits per heavy atom. The lowest BCUT2D eigenvalue weighted by atomic mass is 10.0. The maximum Gasteiger partial charge on any atom is 0.315 e. The van der Waals surface area contributed by atoms with Crippen molar-refractivity contribution in [3.63, 3.8) is 0 Å². The van der Waals surface area contributed by atoms with Crippen molar-refractivity contribution in [3.8, 4) is 0 Å². The Labute approximate surface area is 119 Å². The monoisotopic (exact) mass is 280 g/mol. The van der Waals surface area contributed by atoms with E-state index >= 15 is 0 Å². The third kappa shape index (κ3) is 3.72. The molecule has 1 heterocycles. The first kappa shape index (κ1) is 14.8. The Morgan fingerprint density at radius 2 is 2.15 bits per heavy atom. The molecule has 1 aromatic heterocycles. The van der Waals surface area contributed by atoms with Gasteiger partial charge in [-0.25, -0.2) is 4.79 Å². The fourth-order valence-electron chi connectivity index (χ4n) is 2.34. The Balaban J connectivity index is 1.71. The van der Waals surface area contributed by atoms with Crippen molar-refractivity contribution < 1.29 is 9.53 Å².